The summed E-state index contributed by atoms with van der Waals surface area (Å²) in [7, 11) is 0. The Balaban J connectivity index is 2.60. The van der Waals surface area contributed by atoms with Crippen molar-refractivity contribution in [3.05, 3.63) is 71.8 Å². The Hall–Kier alpha value is -1.64. The Morgan fingerprint density at radius 2 is 1.29 bits per heavy atom. The quantitative estimate of drug-likeness (QED) is 0.879. The summed E-state index contributed by atoms with van der Waals surface area (Å²) in [5, 5.41) is 11.6. The third-order valence-corrected chi connectivity index (χ3v) is 4.04. The summed E-state index contributed by atoms with van der Waals surface area (Å²) in [6, 6.07) is 19.4. The summed E-state index contributed by atoms with van der Waals surface area (Å²) in [6.45, 7) is 6.19. The lowest BCUT2D eigenvalue weighted by atomic mass is 9.69. The van der Waals surface area contributed by atoms with Gasteiger partial charge in [0.2, 0.25) is 0 Å². The van der Waals surface area contributed by atoms with E-state index in [-0.39, 0.29) is 0 Å². The lowest BCUT2D eigenvalue weighted by Crippen LogP contribution is -2.57. The highest BCUT2D eigenvalue weighted by atomic mass is 16.3. The second-order valence-electron chi connectivity index (χ2n) is 6.46. The van der Waals surface area contributed by atoms with E-state index in [1.807, 2.05) is 67.6 Å². The van der Waals surface area contributed by atoms with Gasteiger partial charge < -0.3 is 10.8 Å². The molecule has 0 radical (unpaired) electrons. The first-order valence-electron chi connectivity index (χ1n) is 7.50. The van der Waals surface area contributed by atoms with Crippen molar-refractivity contribution in [3.63, 3.8) is 0 Å². The van der Waals surface area contributed by atoms with Crippen molar-refractivity contribution in [2.45, 2.75) is 38.3 Å². The van der Waals surface area contributed by atoms with Crippen molar-refractivity contribution in [2.75, 3.05) is 0 Å². The fourth-order valence-electron chi connectivity index (χ4n) is 3.18. The van der Waals surface area contributed by atoms with Gasteiger partial charge in [0, 0.05) is 0 Å². The molecule has 0 fully saturated rings. The van der Waals surface area contributed by atoms with Crippen LogP contribution in [-0.2, 0) is 5.60 Å². The molecule has 0 heterocycles. The summed E-state index contributed by atoms with van der Waals surface area (Å²) in [6.07, 6.45) is 0.729. The fraction of sp³-hybridized carbons (Fsp3) is 0.368. The number of hydrogen-bond donors (Lipinski definition) is 2. The molecule has 0 spiro atoms. The molecule has 1 atom stereocenters. The van der Waals surface area contributed by atoms with E-state index >= 15 is 0 Å². The highest BCUT2D eigenvalue weighted by molar-refractivity contribution is 5.40. The number of aliphatic hydroxyl groups is 1. The van der Waals surface area contributed by atoms with Crippen LogP contribution >= 0.6 is 0 Å². The first kappa shape index (κ1) is 15.7. The molecule has 0 bridgehead atoms. The van der Waals surface area contributed by atoms with E-state index in [4.69, 9.17) is 5.73 Å². The molecule has 1 unspecified atom stereocenters. The minimum absolute atomic E-state index is 0.402. The van der Waals surface area contributed by atoms with Crippen molar-refractivity contribution in [2.24, 2.45) is 11.7 Å². The molecule has 0 aliphatic rings. The summed E-state index contributed by atoms with van der Waals surface area (Å²) in [4.78, 5) is 0. The van der Waals surface area contributed by atoms with Crippen LogP contribution in [0.4, 0.5) is 0 Å². The SMILES string of the molecule is CC(C)CC(C)(N)C(O)(c1ccccc1)c1ccccc1. The van der Waals surface area contributed by atoms with Crippen molar-refractivity contribution >= 4 is 0 Å². The van der Waals surface area contributed by atoms with Crippen molar-refractivity contribution in [1.29, 1.82) is 0 Å². The van der Waals surface area contributed by atoms with Gasteiger partial charge in [-0.25, -0.2) is 0 Å². The summed E-state index contributed by atoms with van der Waals surface area (Å²) in [5.74, 6) is 0.402. The van der Waals surface area contributed by atoms with E-state index < -0.39 is 11.1 Å². The summed E-state index contributed by atoms with van der Waals surface area (Å²) in [5.41, 5.74) is 6.31. The van der Waals surface area contributed by atoms with Crippen LogP contribution in [-0.4, -0.2) is 10.6 Å². The summed E-state index contributed by atoms with van der Waals surface area (Å²) >= 11 is 0. The zero-order chi connectivity index (χ0) is 15.5. The van der Waals surface area contributed by atoms with E-state index in [2.05, 4.69) is 13.8 Å². The number of hydrogen-bond acceptors (Lipinski definition) is 2. The maximum absolute atomic E-state index is 11.6. The molecule has 21 heavy (non-hydrogen) atoms. The van der Waals surface area contributed by atoms with Gasteiger partial charge in [-0.1, -0.05) is 74.5 Å². The van der Waals surface area contributed by atoms with Gasteiger partial charge in [-0.2, -0.15) is 0 Å². The van der Waals surface area contributed by atoms with E-state index in [0.717, 1.165) is 17.5 Å². The Morgan fingerprint density at radius 3 is 1.62 bits per heavy atom. The van der Waals surface area contributed by atoms with Gasteiger partial charge in [0.05, 0.1) is 5.54 Å². The number of rotatable bonds is 5. The standard InChI is InChI=1S/C19H25NO/c1-15(2)14-18(3,20)19(21,16-10-6-4-7-11-16)17-12-8-5-9-13-17/h4-13,15,21H,14,20H2,1-3H3. The Labute approximate surface area is 127 Å². The normalized spacial score (nSPS) is 15.0. The third kappa shape index (κ3) is 3.02. The lowest BCUT2D eigenvalue weighted by Gasteiger charge is -2.44. The van der Waals surface area contributed by atoms with Gasteiger partial charge in [0.1, 0.15) is 5.60 Å². The highest BCUT2D eigenvalue weighted by Gasteiger charge is 2.46. The lowest BCUT2D eigenvalue weighted by molar-refractivity contribution is -0.00496. The predicted molar refractivity (Wildman–Crippen MR) is 87.9 cm³/mol. The largest absolute Gasteiger partial charge is 0.378 e. The van der Waals surface area contributed by atoms with Crippen LogP contribution in [0.5, 0.6) is 0 Å². The third-order valence-electron chi connectivity index (χ3n) is 4.04. The molecule has 0 aliphatic heterocycles. The molecule has 2 nitrogen and oxygen atoms in total. The Kier molecular flexibility index (Phi) is 4.50. The molecular weight excluding hydrogens is 258 g/mol. The van der Waals surface area contributed by atoms with Crippen molar-refractivity contribution in [3.8, 4) is 0 Å². The average molecular weight is 283 g/mol. The summed E-state index contributed by atoms with van der Waals surface area (Å²) < 4.78 is 0. The van der Waals surface area contributed by atoms with Gasteiger partial charge in [-0.05, 0) is 30.4 Å². The molecular formula is C19H25NO. The molecule has 2 aromatic carbocycles. The molecule has 0 amide bonds. The smallest absolute Gasteiger partial charge is 0.132 e. The maximum Gasteiger partial charge on any atom is 0.132 e. The first-order valence-corrected chi connectivity index (χ1v) is 7.50. The van der Waals surface area contributed by atoms with Gasteiger partial charge in [0.15, 0.2) is 0 Å². The van der Waals surface area contributed by atoms with E-state index in [1.165, 1.54) is 0 Å². The van der Waals surface area contributed by atoms with Crippen LogP contribution in [0.15, 0.2) is 60.7 Å². The molecule has 2 heteroatoms. The molecule has 112 valence electrons. The second-order valence-corrected chi connectivity index (χ2v) is 6.46. The van der Waals surface area contributed by atoms with E-state index in [0.29, 0.717) is 5.92 Å². The average Bonchev–Trinajstić information content (AvgIpc) is 2.46. The Morgan fingerprint density at radius 1 is 0.905 bits per heavy atom. The zero-order valence-corrected chi connectivity index (χ0v) is 13.1. The number of benzene rings is 2. The second kappa shape index (κ2) is 6.00. The van der Waals surface area contributed by atoms with Crippen molar-refractivity contribution < 1.29 is 5.11 Å². The topological polar surface area (TPSA) is 46.2 Å². The van der Waals surface area contributed by atoms with Crippen LogP contribution in [0, 0.1) is 5.92 Å². The van der Waals surface area contributed by atoms with Crippen LogP contribution in [0.25, 0.3) is 0 Å². The van der Waals surface area contributed by atoms with Crippen molar-refractivity contribution in [1.82, 2.24) is 0 Å². The zero-order valence-electron chi connectivity index (χ0n) is 13.1. The maximum atomic E-state index is 11.6. The number of nitrogens with two attached hydrogens (primary N) is 1. The molecule has 0 aliphatic carbocycles. The van der Waals surface area contributed by atoms with Crippen LogP contribution < -0.4 is 5.73 Å². The van der Waals surface area contributed by atoms with E-state index in [9.17, 15) is 5.11 Å². The first-order chi connectivity index (χ1) is 9.88. The fourth-order valence-corrected chi connectivity index (χ4v) is 3.18. The van der Waals surface area contributed by atoms with E-state index in [1.54, 1.807) is 0 Å². The molecule has 0 saturated heterocycles. The molecule has 0 aromatic heterocycles. The predicted octanol–water partition coefficient (Wildman–Crippen LogP) is 3.69. The molecule has 3 N–H and O–H groups in total. The monoisotopic (exact) mass is 283 g/mol. The van der Waals surface area contributed by atoms with Gasteiger partial charge in [-0.15, -0.1) is 0 Å². The highest BCUT2D eigenvalue weighted by Crippen LogP contribution is 2.41. The molecule has 2 aromatic rings. The minimum Gasteiger partial charge on any atom is -0.378 e. The van der Waals surface area contributed by atoms with Gasteiger partial charge in [-0.3, -0.25) is 0 Å². The molecule has 0 saturated carbocycles. The van der Waals surface area contributed by atoms with Crippen LogP contribution in [0.1, 0.15) is 38.3 Å². The van der Waals surface area contributed by atoms with Crippen LogP contribution in [0.3, 0.4) is 0 Å². The van der Waals surface area contributed by atoms with Gasteiger partial charge in [0.25, 0.3) is 0 Å². The van der Waals surface area contributed by atoms with Gasteiger partial charge >= 0.3 is 0 Å². The molecule has 2 rings (SSSR count). The van der Waals surface area contributed by atoms with Crippen LogP contribution in [0.2, 0.25) is 0 Å². The minimum atomic E-state index is -1.21. The Bertz CT molecular complexity index is 521.